The topological polar surface area (TPSA) is 51.0 Å². The predicted molar refractivity (Wildman–Crippen MR) is 53.1 cm³/mol. The molecule has 78 valence electrons. The number of hydrogen-bond donors (Lipinski definition) is 0. The van der Waals surface area contributed by atoms with Gasteiger partial charge in [0.15, 0.2) is 5.82 Å². The van der Waals surface area contributed by atoms with Crippen LogP contribution in [-0.2, 0) is 7.05 Å². The average Bonchev–Trinajstić information content (AvgIpc) is 2.49. The monoisotopic (exact) mass is 196 g/mol. The summed E-state index contributed by atoms with van der Waals surface area (Å²) < 4.78 is 1.49. The number of rotatable bonds is 3. The van der Waals surface area contributed by atoms with Crippen molar-refractivity contribution < 1.29 is 4.79 Å². The van der Waals surface area contributed by atoms with Gasteiger partial charge < -0.3 is 0 Å². The highest BCUT2D eigenvalue weighted by Gasteiger charge is 2.33. The molecule has 0 N–H and O–H groups in total. The molecule has 0 amide bonds. The maximum Gasteiger partial charge on any atom is 0.219 e. The van der Waals surface area contributed by atoms with Crippen LogP contribution >= 0.6 is 0 Å². The number of aryl methyl sites for hydroxylation is 1. The van der Waals surface area contributed by atoms with Gasteiger partial charge in [0.2, 0.25) is 5.78 Å². The van der Waals surface area contributed by atoms with Gasteiger partial charge in [-0.3, -0.25) is 9.69 Å². The summed E-state index contributed by atoms with van der Waals surface area (Å²) in [6.07, 6.45) is 1.39. The van der Waals surface area contributed by atoms with Gasteiger partial charge in [0.1, 0.15) is 6.33 Å². The Morgan fingerprint density at radius 2 is 2.07 bits per heavy atom. The van der Waals surface area contributed by atoms with E-state index in [1.807, 2.05) is 32.8 Å². The fourth-order valence-corrected chi connectivity index (χ4v) is 0.978. The SMILES string of the molecule is CN(C)C(C)(C)C(=O)c1ncnn1C. The lowest BCUT2D eigenvalue weighted by Gasteiger charge is -2.30. The fraction of sp³-hybridized carbons (Fsp3) is 0.667. The highest BCUT2D eigenvalue weighted by molar-refractivity contribution is 5.99. The fourth-order valence-electron chi connectivity index (χ4n) is 0.978. The van der Waals surface area contributed by atoms with E-state index in [4.69, 9.17) is 0 Å². The number of Topliss-reactive ketones (excluding diaryl/α,β-unsaturated/α-hetero) is 1. The zero-order chi connectivity index (χ0) is 10.9. The van der Waals surface area contributed by atoms with Crippen molar-refractivity contribution in [3.05, 3.63) is 12.2 Å². The Bertz CT molecular complexity index is 340. The van der Waals surface area contributed by atoms with E-state index in [0.717, 1.165) is 0 Å². The third kappa shape index (κ3) is 1.68. The van der Waals surface area contributed by atoms with E-state index in [9.17, 15) is 4.79 Å². The van der Waals surface area contributed by atoms with Crippen molar-refractivity contribution in [1.29, 1.82) is 0 Å². The molecule has 0 atom stereocenters. The van der Waals surface area contributed by atoms with Gasteiger partial charge >= 0.3 is 0 Å². The average molecular weight is 196 g/mol. The lowest BCUT2D eigenvalue weighted by molar-refractivity contribution is 0.0739. The molecule has 1 heterocycles. The second kappa shape index (κ2) is 3.49. The number of aromatic nitrogens is 3. The molecule has 5 heteroatoms. The minimum atomic E-state index is -0.555. The van der Waals surface area contributed by atoms with Crippen LogP contribution in [-0.4, -0.2) is 45.1 Å². The molecule has 0 radical (unpaired) electrons. The Balaban J connectivity index is 3.02. The summed E-state index contributed by atoms with van der Waals surface area (Å²) in [6, 6.07) is 0. The molecule has 0 spiro atoms. The van der Waals surface area contributed by atoms with Crippen LogP contribution in [0.1, 0.15) is 24.5 Å². The first-order chi connectivity index (χ1) is 6.37. The molecule has 0 saturated carbocycles. The number of hydrogen-bond acceptors (Lipinski definition) is 4. The molecular weight excluding hydrogens is 180 g/mol. The Hall–Kier alpha value is -1.23. The van der Waals surface area contributed by atoms with Crippen LogP contribution in [0.3, 0.4) is 0 Å². The minimum absolute atomic E-state index is 0.0255. The Labute approximate surface area is 83.7 Å². The first kappa shape index (κ1) is 10.8. The van der Waals surface area contributed by atoms with Gasteiger partial charge in [0, 0.05) is 7.05 Å². The smallest absolute Gasteiger partial charge is 0.219 e. The van der Waals surface area contributed by atoms with Crippen molar-refractivity contribution in [3.63, 3.8) is 0 Å². The van der Waals surface area contributed by atoms with E-state index < -0.39 is 5.54 Å². The molecule has 1 rings (SSSR count). The number of likely N-dealkylation sites (N-methyl/N-ethyl adjacent to an activating group) is 1. The van der Waals surface area contributed by atoms with Crippen LogP contribution < -0.4 is 0 Å². The lowest BCUT2D eigenvalue weighted by Crippen LogP contribution is -2.46. The molecule has 0 aromatic carbocycles. The minimum Gasteiger partial charge on any atom is -0.297 e. The number of carbonyl (C=O) groups is 1. The summed E-state index contributed by atoms with van der Waals surface area (Å²) in [5, 5.41) is 3.88. The van der Waals surface area contributed by atoms with Crippen molar-refractivity contribution in [3.8, 4) is 0 Å². The molecule has 1 aromatic rings. The van der Waals surface area contributed by atoms with Gasteiger partial charge in [-0.2, -0.15) is 5.10 Å². The van der Waals surface area contributed by atoms with Crippen LogP contribution in [0.2, 0.25) is 0 Å². The lowest BCUT2D eigenvalue weighted by atomic mass is 9.97. The van der Waals surface area contributed by atoms with Gasteiger partial charge in [-0.15, -0.1) is 0 Å². The standard InChI is InChI=1S/C9H16N4O/c1-9(2,12(3)4)7(14)8-10-6-11-13(8)5/h6H,1-5H3. The Morgan fingerprint density at radius 3 is 2.43 bits per heavy atom. The number of nitrogens with zero attached hydrogens (tertiary/aromatic N) is 4. The molecule has 1 aromatic heterocycles. The molecule has 14 heavy (non-hydrogen) atoms. The van der Waals surface area contributed by atoms with Crippen LogP contribution in [0.25, 0.3) is 0 Å². The van der Waals surface area contributed by atoms with Crippen LogP contribution in [0.5, 0.6) is 0 Å². The van der Waals surface area contributed by atoms with Crippen molar-refractivity contribution in [2.24, 2.45) is 7.05 Å². The second-order valence-corrected chi connectivity index (χ2v) is 3.99. The highest BCUT2D eigenvalue weighted by atomic mass is 16.1. The van der Waals surface area contributed by atoms with Gasteiger partial charge in [-0.05, 0) is 27.9 Å². The van der Waals surface area contributed by atoms with Crippen LogP contribution in [0, 0.1) is 0 Å². The molecule has 0 aliphatic carbocycles. The maximum absolute atomic E-state index is 12.0. The molecule has 0 unspecified atom stereocenters. The second-order valence-electron chi connectivity index (χ2n) is 3.99. The molecule has 0 bridgehead atoms. The predicted octanol–water partition coefficient (Wildman–Crippen LogP) is 0.338. The summed E-state index contributed by atoms with van der Waals surface area (Å²) in [5.74, 6) is 0.367. The summed E-state index contributed by atoms with van der Waals surface area (Å²) in [4.78, 5) is 17.8. The molecule has 0 aliphatic heterocycles. The van der Waals surface area contributed by atoms with E-state index >= 15 is 0 Å². The van der Waals surface area contributed by atoms with Crippen molar-refractivity contribution in [2.45, 2.75) is 19.4 Å². The largest absolute Gasteiger partial charge is 0.297 e. The van der Waals surface area contributed by atoms with Gasteiger partial charge in [0.25, 0.3) is 0 Å². The third-order valence-corrected chi connectivity index (χ3v) is 2.59. The summed E-state index contributed by atoms with van der Waals surface area (Å²) in [6.45, 7) is 3.73. The van der Waals surface area contributed by atoms with Crippen molar-refractivity contribution >= 4 is 5.78 Å². The first-order valence-electron chi connectivity index (χ1n) is 4.43. The van der Waals surface area contributed by atoms with Crippen molar-refractivity contribution in [1.82, 2.24) is 19.7 Å². The maximum atomic E-state index is 12.0. The molecule has 5 nitrogen and oxygen atoms in total. The normalized spacial score (nSPS) is 12.1. The van der Waals surface area contributed by atoms with Gasteiger partial charge in [-0.1, -0.05) is 0 Å². The summed E-state index contributed by atoms with van der Waals surface area (Å²) in [5.41, 5.74) is -0.555. The molecule has 0 saturated heterocycles. The van der Waals surface area contributed by atoms with E-state index in [1.165, 1.54) is 11.0 Å². The number of ketones is 1. The summed E-state index contributed by atoms with van der Waals surface area (Å²) in [7, 11) is 5.45. The zero-order valence-corrected chi connectivity index (χ0v) is 9.27. The first-order valence-corrected chi connectivity index (χ1v) is 4.43. The van der Waals surface area contributed by atoms with E-state index in [-0.39, 0.29) is 5.78 Å². The van der Waals surface area contributed by atoms with E-state index in [0.29, 0.717) is 5.82 Å². The number of carbonyl (C=O) groups excluding carboxylic acids is 1. The van der Waals surface area contributed by atoms with Crippen molar-refractivity contribution in [2.75, 3.05) is 14.1 Å². The molecule has 0 fully saturated rings. The van der Waals surface area contributed by atoms with E-state index in [1.54, 1.807) is 7.05 Å². The quantitative estimate of drug-likeness (QED) is 0.654. The Kier molecular flexibility index (Phi) is 2.71. The van der Waals surface area contributed by atoms with Gasteiger partial charge in [-0.25, -0.2) is 9.67 Å². The van der Waals surface area contributed by atoms with E-state index in [2.05, 4.69) is 10.1 Å². The Morgan fingerprint density at radius 1 is 1.50 bits per heavy atom. The van der Waals surface area contributed by atoms with Crippen LogP contribution in [0.4, 0.5) is 0 Å². The zero-order valence-electron chi connectivity index (χ0n) is 9.27. The van der Waals surface area contributed by atoms with Crippen LogP contribution in [0.15, 0.2) is 6.33 Å². The summed E-state index contributed by atoms with van der Waals surface area (Å²) >= 11 is 0. The molecule has 0 aliphatic rings. The molecular formula is C9H16N4O. The van der Waals surface area contributed by atoms with Gasteiger partial charge in [0.05, 0.1) is 5.54 Å². The third-order valence-electron chi connectivity index (χ3n) is 2.59. The highest BCUT2D eigenvalue weighted by Crippen LogP contribution is 2.15.